The third kappa shape index (κ3) is 2.75. The first kappa shape index (κ1) is 14.4. The Morgan fingerprint density at radius 3 is 3.04 bits per heavy atom. The first-order chi connectivity index (χ1) is 11.3. The van der Waals surface area contributed by atoms with Crippen LogP contribution in [0.3, 0.4) is 0 Å². The van der Waals surface area contributed by atoms with Crippen LogP contribution in [0.25, 0.3) is 10.9 Å². The van der Waals surface area contributed by atoms with Gasteiger partial charge in [0.2, 0.25) is 0 Å². The second-order valence-corrected chi connectivity index (χ2v) is 6.35. The number of benzene rings is 1. The zero-order chi connectivity index (χ0) is 15.6. The maximum absolute atomic E-state index is 4.53. The van der Waals surface area contributed by atoms with Crippen LogP contribution >= 0.6 is 0 Å². The molecule has 0 radical (unpaired) electrons. The molecule has 1 aromatic carbocycles. The number of H-pyrrole nitrogens is 1. The summed E-state index contributed by atoms with van der Waals surface area (Å²) in [6.07, 6.45) is 6.72. The molecule has 0 amide bonds. The van der Waals surface area contributed by atoms with Crippen molar-refractivity contribution in [2.45, 2.75) is 45.2 Å². The van der Waals surface area contributed by atoms with Gasteiger partial charge < -0.3 is 5.32 Å². The fourth-order valence-electron chi connectivity index (χ4n) is 3.56. The van der Waals surface area contributed by atoms with E-state index >= 15 is 0 Å². The van der Waals surface area contributed by atoms with Gasteiger partial charge in [0.05, 0.1) is 11.2 Å². The average Bonchev–Trinajstić information content (AvgIpc) is 3.02. The summed E-state index contributed by atoms with van der Waals surface area (Å²) in [5.41, 5.74) is 6.31. The van der Waals surface area contributed by atoms with E-state index in [4.69, 9.17) is 0 Å². The smallest absolute Gasteiger partial charge is 0.0794 e. The molecule has 2 N–H and O–H groups in total. The minimum absolute atomic E-state index is 0.263. The van der Waals surface area contributed by atoms with Gasteiger partial charge in [-0.05, 0) is 55.9 Å². The average molecular weight is 306 g/mol. The summed E-state index contributed by atoms with van der Waals surface area (Å²) >= 11 is 0. The summed E-state index contributed by atoms with van der Waals surface area (Å²) in [4.78, 5) is 4.45. The van der Waals surface area contributed by atoms with E-state index in [0.717, 1.165) is 24.9 Å². The van der Waals surface area contributed by atoms with Gasteiger partial charge in [0.15, 0.2) is 0 Å². The zero-order valence-electron chi connectivity index (χ0n) is 13.5. The molecule has 4 heteroatoms. The second kappa shape index (κ2) is 6.13. The van der Waals surface area contributed by atoms with Gasteiger partial charge in [-0.25, -0.2) is 0 Å². The maximum atomic E-state index is 4.53. The van der Waals surface area contributed by atoms with Crippen LogP contribution in [0, 0.1) is 0 Å². The molecule has 1 unspecified atom stereocenters. The Kier molecular flexibility index (Phi) is 3.83. The quantitative estimate of drug-likeness (QED) is 0.773. The summed E-state index contributed by atoms with van der Waals surface area (Å²) < 4.78 is 0. The number of aromatic nitrogens is 3. The van der Waals surface area contributed by atoms with Crippen LogP contribution in [0.4, 0.5) is 0 Å². The molecular weight excluding hydrogens is 284 g/mol. The lowest BCUT2D eigenvalue weighted by atomic mass is 9.95. The summed E-state index contributed by atoms with van der Waals surface area (Å²) in [7, 11) is 0. The van der Waals surface area contributed by atoms with Gasteiger partial charge in [0.1, 0.15) is 0 Å². The Morgan fingerprint density at radius 1 is 1.17 bits per heavy atom. The van der Waals surface area contributed by atoms with E-state index in [1.54, 1.807) is 0 Å². The zero-order valence-corrected chi connectivity index (χ0v) is 13.5. The Balaban J connectivity index is 1.53. The molecule has 1 atom stereocenters. The Bertz CT molecular complexity index is 816. The van der Waals surface area contributed by atoms with Crippen LogP contribution in [0.15, 0.2) is 36.5 Å². The van der Waals surface area contributed by atoms with E-state index < -0.39 is 0 Å². The van der Waals surface area contributed by atoms with Crippen LogP contribution in [-0.2, 0) is 19.4 Å². The van der Waals surface area contributed by atoms with Gasteiger partial charge in [-0.2, -0.15) is 5.10 Å². The van der Waals surface area contributed by atoms with E-state index in [1.807, 2.05) is 12.3 Å². The fourth-order valence-corrected chi connectivity index (χ4v) is 3.56. The van der Waals surface area contributed by atoms with E-state index in [1.165, 1.54) is 40.7 Å². The number of nitrogens with one attached hydrogen (secondary N) is 2. The molecule has 1 aliphatic rings. The molecule has 0 aliphatic heterocycles. The number of pyridine rings is 1. The minimum Gasteiger partial charge on any atom is -0.304 e. The molecule has 3 aromatic rings. The van der Waals surface area contributed by atoms with Crippen molar-refractivity contribution < 1.29 is 0 Å². The van der Waals surface area contributed by atoms with Gasteiger partial charge >= 0.3 is 0 Å². The highest BCUT2D eigenvalue weighted by molar-refractivity contribution is 5.82. The molecule has 4 rings (SSSR count). The van der Waals surface area contributed by atoms with Gasteiger partial charge in [0.25, 0.3) is 0 Å². The number of hydrogen-bond acceptors (Lipinski definition) is 3. The predicted octanol–water partition coefficient (Wildman–Crippen LogP) is 3.69. The van der Waals surface area contributed by atoms with E-state index in [-0.39, 0.29) is 6.04 Å². The fraction of sp³-hybridized carbons (Fsp3) is 0.368. The first-order valence-electron chi connectivity index (χ1n) is 8.45. The molecule has 2 heterocycles. The van der Waals surface area contributed by atoms with Crippen LogP contribution in [0.2, 0.25) is 0 Å². The number of aromatic amines is 1. The van der Waals surface area contributed by atoms with Crippen LogP contribution in [0.5, 0.6) is 0 Å². The van der Waals surface area contributed by atoms with Crippen molar-refractivity contribution in [3.8, 4) is 0 Å². The summed E-state index contributed by atoms with van der Waals surface area (Å²) in [6, 6.07) is 10.7. The van der Waals surface area contributed by atoms with Crippen molar-refractivity contribution in [3.05, 3.63) is 59.0 Å². The molecule has 1 aliphatic carbocycles. The standard InChI is InChI=1S/C19H22N4/c1-13(14-7-4-10-17-15(14)8-5-11-20-17)21-12-19-16-6-2-3-9-18(16)22-23-19/h4-5,7-8,10-11,13,21H,2-3,6,9,12H2,1H3,(H,22,23). The van der Waals surface area contributed by atoms with Crippen molar-refractivity contribution in [3.63, 3.8) is 0 Å². The lowest BCUT2D eigenvalue weighted by Crippen LogP contribution is -2.19. The Hall–Kier alpha value is -2.20. The third-order valence-corrected chi connectivity index (χ3v) is 4.86. The summed E-state index contributed by atoms with van der Waals surface area (Å²) in [6.45, 7) is 3.02. The molecular formula is C19H22N4. The molecule has 0 saturated heterocycles. The van der Waals surface area contributed by atoms with E-state index in [0.29, 0.717) is 0 Å². The van der Waals surface area contributed by atoms with E-state index in [9.17, 15) is 0 Å². The molecule has 0 saturated carbocycles. The van der Waals surface area contributed by atoms with Crippen molar-refractivity contribution >= 4 is 10.9 Å². The lowest BCUT2D eigenvalue weighted by Gasteiger charge is -2.17. The van der Waals surface area contributed by atoms with Crippen LogP contribution < -0.4 is 5.32 Å². The molecule has 0 fully saturated rings. The monoisotopic (exact) mass is 306 g/mol. The lowest BCUT2D eigenvalue weighted by molar-refractivity contribution is 0.566. The molecule has 4 nitrogen and oxygen atoms in total. The van der Waals surface area contributed by atoms with E-state index in [2.05, 4.69) is 51.7 Å². The predicted molar refractivity (Wildman–Crippen MR) is 92.2 cm³/mol. The Labute approximate surface area is 136 Å². The highest BCUT2D eigenvalue weighted by atomic mass is 15.1. The third-order valence-electron chi connectivity index (χ3n) is 4.86. The first-order valence-corrected chi connectivity index (χ1v) is 8.45. The van der Waals surface area contributed by atoms with Gasteiger partial charge in [-0.15, -0.1) is 0 Å². The summed E-state index contributed by atoms with van der Waals surface area (Å²) in [5.74, 6) is 0. The number of rotatable bonds is 4. The molecule has 2 aromatic heterocycles. The van der Waals surface area contributed by atoms with Gasteiger partial charge in [-0.1, -0.05) is 18.2 Å². The van der Waals surface area contributed by atoms with Crippen LogP contribution in [-0.4, -0.2) is 15.2 Å². The molecule has 0 bridgehead atoms. The molecule has 23 heavy (non-hydrogen) atoms. The maximum Gasteiger partial charge on any atom is 0.0794 e. The number of nitrogens with zero attached hydrogens (tertiary/aromatic N) is 2. The van der Waals surface area contributed by atoms with Gasteiger partial charge in [-0.3, -0.25) is 10.1 Å². The highest BCUT2D eigenvalue weighted by Gasteiger charge is 2.17. The van der Waals surface area contributed by atoms with Crippen molar-refractivity contribution in [2.24, 2.45) is 0 Å². The number of hydrogen-bond donors (Lipinski definition) is 2. The highest BCUT2D eigenvalue weighted by Crippen LogP contribution is 2.25. The normalized spacial score (nSPS) is 15.5. The second-order valence-electron chi connectivity index (χ2n) is 6.35. The van der Waals surface area contributed by atoms with Gasteiger partial charge in [0, 0.05) is 29.9 Å². The topological polar surface area (TPSA) is 53.6 Å². The number of fused-ring (bicyclic) bond motifs is 2. The molecule has 0 spiro atoms. The number of aryl methyl sites for hydroxylation is 1. The Morgan fingerprint density at radius 2 is 2.09 bits per heavy atom. The largest absolute Gasteiger partial charge is 0.304 e. The minimum atomic E-state index is 0.263. The van der Waals surface area contributed by atoms with Crippen molar-refractivity contribution in [2.75, 3.05) is 0 Å². The van der Waals surface area contributed by atoms with Crippen LogP contribution in [0.1, 0.15) is 48.3 Å². The molecule has 118 valence electrons. The van der Waals surface area contributed by atoms with Crippen molar-refractivity contribution in [1.82, 2.24) is 20.5 Å². The SMILES string of the molecule is CC(NCc1n[nH]c2c1CCCC2)c1cccc2ncccc12. The van der Waals surface area contributed by atoms with Crippen molar-refractivity contribution in [1.29, 1.82) is 0 Å². The summed E-state index contributed by atoms with van der Waals surface area (Å²) in [5, 5.41) is 12.6.